The molecule has 0 aromatic rings. The molecule has 0 atom stereocenters. The molecular formula is C7H16N4. The molecule has 1 fully saturated rings. The summed E-state index contributed by atoms with van der Waals surface area (Å²) in [5.74, 6) is 5.95. The van der Waals surface area contributed by atoms with Crippen LogP contribution < -0.4 is 16.6 Å². The van der Waals surface area contributed by atoms with Crippen molar-refractivity contribution in [3.05, 3.63) is 0 Å². The van der Waals surface area contributed by atoms with Crippen LogP contribution in [0.15, 0.2) is 4.99 Å². The molecule has 0 heterocycles. The first-order valence-electron chi connectivity index (χ1n) is 3.99. The van der Waals surface area contributed by atoms with Crippen molar-refractivity contribution in [1.29, 1.82) is 0 Å². The maximum atomic E-state index is 5.25. The van der Waals surface area contributed by atoms with Crippen molar-refractivity contribution in [2.75, 3.05) is 6.54 Å². The number of hydrogen-bond acceptors (Lipinski definition) is 2. The fraction of sp³-hybridized carbons (Fsp3) is 0.857. The Kier molecular flexibility index (Phi) is 2.34. The molecule has 0 bridgehead atoms. The number of aliphatic imine (C=N–C) groups is 1. The Balaban J connectivity index is 2.37. The molecule has 1 aliphatic carbocycles. The number of hydrogen-bond donors (Lipinski definition) is 3. The van der Waals surface area contributed by atoms with Crippen molar-refractivity contribution >= 4 is 5.96 Å². The van der Waals surface area contributed by atoms with Crippen LogP contribution in [-0.4, -0.2) is 18.0 Å². The van der Waals surface area contributed by atoms with Gasteiger partial charge in [-0.2, -0.15) is 0 Å². The van der Waals surface area contributed by atoms with E-state index in [0.29, 0.717) is 5.96 Å². The summed E-state index contributed by atoms with van der Waals surface area (Å²) >= 11 is 0. The lowest BCUT2D eigenvalue weighted by Crippen LogP contribution is -2.46. The molecule has 0 amide bonds. The van der Waals surface area contributed by atoms with Gasteiger partial charge < -0.3 is 5.32 Å². The van der Waals surface area contributed by atoms with Crippen molar-refractivity contribution in [3.8, 4) is 0 Å². The summed E-state index contributed by atoms with van der Waals surface area (Å²) in [5, 5.41) is 3.23. The van der Waals surface area contributed by atoms with Crippen LogP contribution in [0.5, 0.6) is 0 Å². The summed E-state index contributed by atoms with van der Waals surface area (Å²) in [6.07, 6.45) is 2.41. The van der Waals surface area contributed by atoms with E-state index in [0.717, 1.165) is 6.54 Å². The molecule has 1 saturated carbocycles. The van der Waals surface area contributed by atoms with Gasteiger partial charge in [0.2, 0.25) is 5.96 Å². The third kappa shape index (κ3) is 2.38. The third-order valence-corrected chi connectivity index (χ3v) is 1.87. The van der Waals surface area contributed by atoms with Gasteiger partial charge >= 0.3 is 0 Å². The van der Waals surface area contributed by atoms with Gasteiger partial charge in [0, 0.05) is 12.1 Å². The van der Waals surface area contributed by atoms with Crippen LogP contribution in [0.2, 0.25) is 0 Å². The summed E-state index contributed by atoms with van der Waals surface area (Å²) < 4.78 is 0. The van der Waals surface area contributed by atoms with Crippen LogP contribution in [0, 0.1) is 0 Å². The topological polar surface area (TPSA) is 62.4 Å². The van der Waals surface area contributed by atoms with Gasteiger partial charge in [-0.1, -0.05) is 0 Å². The molecule has 0 aromatic heterocycles. The summed E-state index contributed by atoms with van der Waals surface area (Å²) in [4.78, 5) is 4.14. The number of guanidine groups is 1. The van der Waals surface area contributed by atoms with E-state index in [1.165, 1.54) is 12.8 Å². The second-order valence-corrected chi connectivity index (χ2v) is 3.15. The molecule has 64 valence electrons. The van der Waals surface area contributed by atoms with Crippen LogP contribution in [0.25, 0.3) is 0 Å². The van der Waals surface area contributed by atoms with E-state index in [2.05, 4.69) is 22.7 Å². The zero-order valence-electron chi connectivity index (χ0n) is 7.15. The number of nitrogens with two attached hydrogens (primary N) is 1. The van der Waals surface area contributed by atoms with Crippen molar-refractivity contribution in [1.82, 2.24) is 10.7 Å². The minimum Gasteiger partial charge on any atom is -0.350 e. The van der Waals surface area contributed by atoms with Gasteiger partial charge in [0.25, 0.3) is 0 Å². The fourth-order valence-corrected chi connectivity index (χ4v) is 0.878. The summed E-state index contributed by atoms with van der Waals surface area (Å²) in [7, 11) is 0. The largest absolute Gasteiger partial charge is 0.350 e. The second-order valence-electron chi connectivity index (χ2n) is 3.15. The summed E-state index contributed by atoms with van der Waals surface area (Å²) in [6.45, 7) is 4.90. The first-order chi connectivity index (χ1) is 5.20. The Hall–Kier alpha value is -0.770. The molecule has 0 spiro atoms. The average Bonchev–Trinajstić information content (AvgIpc) is 2.68. The van der Waals surface area contributed by atoms with Gasteiger partial charge in [-0.05, 0) is 26.7 Å². The van der Waals surface area contributed by atoms with E-state index in [-0.39, 0.29) is 5.54 Å². The molecule has 0 saturated heterocycles. The number of rotatable bonds is 2. The van der Waals surface area contributed by atoms with Crippen LogP contribution in [-0.2, 0) is 0 Å². The van der Waals surface area contributed by atoms with Crippen LogP contribution in [0.1, 0.15) is 26.7 Å². The highest BCUT2D eigenvalue weighted by molar-refractivity contribution is 5.80. The summed E-state index contributed by atoms with van der Waals surface area (Å²) in [6, 6.07) is 0. The Morgan fingerprint density at radius 2 is 2.27 bits per heavy atom. The predicted octanol–water partition coefficient (Wildman–Crippen LogP) is -0.0323. The quantitative estimate of drug-likeness (QED) is 0.228. The number of hydrazine groups is 1. The van der Waals surface area contributed by atoms with Gasteiger partial charge in [-0.25, -0.2) is 5.84 Å². The first-order valence-corrected chi connectivity index (χ1v) is 3.99. The Morgan fingerprint density at radius 1 is 1.64 bits per heavy atom. The lowest BCUT2D eigenvalue weighted by molar-refractivity contribution is 0.645. The van der Waals surface area contributed by atoms with Crippen LogP contribution in [0.4, 0.5) is 0 Å². The van der Waals surface area contributed by atoms with E-state index in [1.807, 2.05) is 6.92 Å². The Labute approximate surface area is 67.2 Å². The molecule has 4 nitrogen and oxygen atoms in total. The van der Waals surface area contributed by atoms with E-state index in [9.17, 15) is 0 Å². The van der Waals surface area contributed by atoms with E-state index in [4.69, 9.17) is 5.84 Å². The molecule has 4 heteroatoms. The van der Waals surface area contributed by atoms with Crippen LogP contribution >= 0.6 is 0 Å². The normalized spacial score (nSPS) is 21.2. The van der Waals surface area contributed by atoms with Crippen molar-refractivity contribution < 1.29 is 0 Å². The molecule has 1 rings (SSSR count). The molecule has 11 heavy (non-hydrogen) atoms. The zero-order valence-corrected chi connectivity index (χ0v) is 7.15. The molecule has 0 unspecified atom stereocenters. The number of nitrogens with one attached hydrogen (secondary N) is 2. The van der Waals surface area contributed by atoms with Gasteiger partial charge in [0.15, 0.2) is 0 Å². The molecule has 1 aliphatic rings. The molecule has 0 aliphatic heterocycles. The highest BCUT2D eigenvalue weighted by Crippen LogP contribution is 2.33. The average molecular weight is 156 g/mol. The van der Waals surface area contributed by atoms with Crippen LogP contribution in [0.3, 0.4) is 0 Å². The predicted molar refractivity (Wildman–Crippen MR) is 46.1 cm³/mol. The number of nitrogens with zero attached hydrogens (tertiary/aromatic N) is 1. The lowest BCUT2D eigenvalue weighted by Gasteiger charge is -2.14. The lowest BCUT2D eigenvalue weighted by atomic mass is 10.3. The smallest absolute Gasteiger partial charge is 0.206 e. The zero-order chi connectivity index (χ0) is 8.32. The standard InChI is InChI=1S/C7H16N4/c1-3-9-6(11-8)10-7(2)4-5-7/h3-5,8H2,1-2H3,(H2,9,10,11). The highest BCUT2D eigenvalue weighted by atomic mass is 15.3. The van der Waals surface area contributed by atoms with Crippen molar-refractivity contribution in [3.63, 3.8) is 0 Å². The first kappa shape index (κ1) is 8.33. The minimum absolute atomic E-state index is 0.250. The second kappa shape index (κ2) is 3.09. The maximum Gasteiger partial charge on any atom is 0.206 e. The Morgan fingerprint density at radius 3 is 2.64 bits per heavy atom. The monoisotopic (exact) mass is 156 g/mol. The van der Waals surface area contributed by atoms with Gasteiger partial charge in [-0.15, -0.1) is 0 Å². The molecule has 0 aromatic carbocycles. The van der Waals surface area contributed by atoms with E-state index in [1.54, 1.807) is 0 Å². The summed E-state index contributed by atoms with van der Waals surface area (Å²) in [5.41, 5.74) is 2.79. The molecular weight excluding hydrogens is 140 g/mol. The van der Waals surface area contributed by atoms with E-state index >= 15 is 0 Å². The van der Waals surface area contributed by atoms with E-state index < -0.39 is 0 Å². The minimum atomic E-state index is 0.250. The van der Waals surface area contributed by atoms with Gasteiger partial charge in [-0.3, -0.25) is 10.4 Å². The van der Waals surface area contributed by atoms with Gasteiger partial charge in [0.1, 0.15) is 0 Å². The highest BCUT2D eigenvalue weighted by Gasteiger charge is 2.37. The maximum absolute atomic E-state index is 5.25. The van der Waals surface area contributed by atoms with Crippen molar-refractivity contribution in [2.45, 2.75) is 32.2 Å². The molecule has 0 radical (unpaired) electrons. The van der Waals surface area contributed by atoms with Crippen molar-refractivity contribution in [2.24, 2.45) is 10.8 Å². The SMILES string of the molecule is CCN=C(NN)NC1(C)CC1. The fourth-order valence-electron chi connectivity index (χ4n) is 0.878. The Bertz CT molecular complexity index is 160. The van der Waals surface area contributed by atoms with Gasteiger partial charge in [0.05, 0.1) is 0 Å². The molecule has 4 N–H and O–H groups in total. The third-order valence-electron chi connectivity index (χ3n) is 1.87.